The summed E-state index contributed by atoms with van der Waals surface area (Å²) in [5, 5.41) is 0. The number of unbranched alkanes of at least 4 members (excludes halogenated alkanes) is 1. The van der Waals surface area contributed by atoms with Crippen molar-refractivity contribution in [3.05, 3.63) is 23.2 Å². The van der Waals surface area contributed by atoms with E-state index in [2.05, 4.69) is 20.8 Å². The number of furan rings is 1. The van der Waals surface area contributed by atoms with E-state index >= 15 is 0 Å². The van der Waals surface area contributed by atoms with Gasteiger partial charge in [-0.3, -0.25) is 0 Å². The summed E-state index contributed by atoms with van der Waals surface area (Å²) in [4.78, 5) is 0. The first-order valence-electron chi connectivity index (χ1n) is 4.29. The molecule has 0 aliphatic rings. The molecule has 0 atom stereocenters. The van der Waals surface area contributed by atoms with E-state index in [4.69, 9.17) is 4.42 Å². The van der Waals surface area contributed by atoms with Gasteiger partial charge in [0, 0.05) is 6.42 Å². The highest BCUT2D eigenvalue weighted by atomic mass is 16.3. The molecule has 1 heteroatoms. The van der Waals surface area contributed by atoms with Crippen molar-refractivity contribution < 1.29 is 4.42 Å². The van der Waals surface area contributed by atoms with Crippen LogP contribution in [-0.4, -0.2) is 0 Å². The van der Waals surface area contributed by atoms with Crippen molar-refractivity contribution in [1.82, 2.24) is 0 Å². The largest absolute Gasteiger partial charge is 0.469 e. The highest BCUT2D eigenvalue weighted by molar-refractivity contribution is 5.24. The Bertz CT molecular complexity index is 223. The fourth-order valence-corrected chi connectivity index (χ4v) is 1.14. The summed E-state index contributed by atoms with van der Waals surface area (Å²) in [5.74, 6) is 1.17. The lowest BCUT2D eigenvalue weighted by Gasteiger charge is -1.95. The Hall–Kier alpha value is -0.720. The molecule has 1 nitrogen and oxygen atoms in total. The molecule has 0 saturated carbocycles. The molecule has 0 amide bonds. The third kappa shape index (κ3) is 1.86. The normalized spacial score (nSPS) is 10.5. The van der Waals surface area contributed by atoms with E-state index in [1.165, 1.54) is 29.7 Å². The van der Waals surface area contributed by atoms with Crippen molar-refractivity contribution in [3.63, 3.8) is 0 Å². The van der Waals surface area contributed by atoms with Crippen LogP contribution in [0, 0.1) is 13.8 Å². The smallest absolute Gasteiger partial charge is 0.106 e. The molecule has 0 radical (unpaired) electrons. The van der Waals surface area contributed by atoms with Crippen molar-refractivity contribution in [2.75, 3.05) is 0 Å². The summed E-state index contributed by atoms with van der Waals surface area (Å²) in [5.41, 5.74) is 2.61. The predicted octanol–water partition coefficient (Wildman–Crippen LogP) is 3.24. The Morgan fingerprint density at radius 3 is 2.55 bits per heavy atom. The van der Waals surface area contributed by atoms with E-state index in [0.717, 1.165) is 6.42 Å². The first-order chi connectivity index (χ1) is 5.25. The summed E-state index contributed by atoms with van der Waals surface area (Å²) in [7, 11) is 0. The maximum absolute atomic E-state index is 5.40. The van der Waals surface area contributed by atoms with Gasteiger partial charge in [0.15, 0.2) is 0 Å². The Kier molecular flexibility index (Phi) is 2.75. The third-order valence-corrected chi connectivity index (χ3v) is 2.15. The second-order valence-electron chi connectivity index (χ2n) is 3.07. The van der Waals surface area contributed by atoms with Crippen LogP contribution in [0.3, 0.4) is 0 Å². The molecule has 0 N–H and O–H groups in total. The summed E-state index contributed by atoms with van der Waals surface area (Å²) in [6.45, 7) is 6.42. The SMILES string of the molecule is CCCCc1occ(C)c1C. The molecule has 1 heterocycles. The lowest BCUT2D eigenvalue weighted by Crippen LogP contribution is -1.84. The van der Waals surface area contributed by atoms with Crippen molar-refractivity contribution in [2.45, 2.75) is 40.0 Å². The zero-order valence-corrected chi connectivity index (χ0v) is 7.61. The molecular formula is C10H16O. The Labute approximate surface area is 68.4 Å². The zero-order chi connectivity index (χ0) is 8.27. The van der Waals surface area contributed by atoms with Crippen LogP contribution >= 0.6 is 0 Å². The maximum Gasteiger partial charge on any atom is 0.106 e. The average Bonchev–Trinajstić information content (AvgIpc) is 2.31. The molecule has 1 rings (SSSR count). The van der Waals surface area contributed by atoms with E-state index in [0.29, 0.717) is 0 Å². The fourth-order valence-electron chi connectivity index (χ4n) is 1.14. The van der Waals surface area contributed by atoms with Crippen LogP contribution in [-0.2, 0) is 6.42 Å². The molecule has 0 unspecified atom stereocenters. The van der Waals surface area contributed by atoms with E-state index in [1.54, 1.807) is 0 Å². The summed E-state index contributed by atoms with van der Waals surface area (Å²) >= 11 is 0. The molecule has 11 heavy (non-hydrogen) atoms. The first-order valence-corrected chi connectivity index (χ1v) is 4.29. The fraction of sp³-hybridized carbons (Fsp3) is 0.600. The van der Waals surface area contributed by atoms with Crippen LogP contribution in [0.5, 0.6) is 0 Å². The van der Waals surface area contributed by atoms with Crippen molar-refractivity contribution >= 4 is 0 Å². The molecule has 0 aliphatic carbocycles. The van der Waals surface area contributed by atoms with Gasteiger partial charge in [0.2, 0.25) is 0 Å². The van der Waals surface area contributed by atoms with Gasteiger partial charge >= 0.3 is 0 Å². The molecule has 1 aromatic rings. The zero-order valence-electron chi connectivity index (χ0n) is 7.61. The third-order valence-electron chi connectivity index (χ3n) is 2.15. The van der Waals surface area contributed by atoms with Gasteiger partial charge in [0.05, 0.1) is 6.26 Å². The van der Waals surface area contributed by atoms with Gasteiger partial charge in [0.1, 0.15) is 5.76 Å². The van der Waals surface area contributed by atoms with Gasteiger partial charge < -0.3 is 4.42 Å². The molecule has 0 spiro atoms. The molecule has 0 fully saturated rings. The van der Waals surface area contributed by atoms with Gasteiger partial charge in [-0.25, -0.2) is 0 Å². The Morgan fingerprint density at radius 1 is 1.36 bits per heavy atom. The second kappa shape index (κ2) is 3.61. The number of aryl methyl sites for hydroxylation is 2. The van der Waals surface area contributed by atoms with Gasteiger partial charge in [0.25, 0.3) is 0 Å². The predicted molar refractivity (Wildman–Crippen MR) is 46.8 cm³/mol. The molecule has 0 aliphatic heterocycles. The number of hydrogen-bond donors (Lipinski definition) is 0. The topological polar surface area (TPSA) is 13.1 Å². The van der Waals surface area contributed by atoms with E-state index in [1.807, 2.05) is 6.26 Å². The molecule has 0 aromatic carbocycles. The minimum atomic E-state index is 1.09. The lowest BCUT2D eigenvalue weighted by atomic mass is 10.1. The van der Waals surface area contributed by atoms with Crippen LogP contribution in [0.1, 0.15) is 36.7 Å². The van der Waals surface area contributed by atoms with Gasteiger partial charge in [-0.05, 0) is 31.4 Å². The molecule has 1 aromatic heterocycles. The van der Waals surface area contributed by atoms with Gasteiger partial charge in [-0.15, -0.1) is 0 Å². The van der Waals surface area contributed by atoms with Gasteiger partial charge in [-0.1, -0.05) is 13.3 Å². The quantitative estimate of drug-likeness (QED) is 0.648. The van der Waals surface area contributed by atoms with Gasteiger partial charge in [-0.2, -0.15) is 0 Å². The van der Waals surface area contributed by atoms with E-state index in [9.17, 15) is 0 Å². The van der Waals surface area contributed by atoms with Crippen LogP contribution in [0.2, 0.25) is 0 Å². The lowest BCUT2D eigenvalue weighted by molar-refractivity contribution is 0.497. The van der Waals surface area contributed by atoms with E-state index < -0.39 is 0 Å². The summed E-state index contributed by atoms with van der Waals surface area (Å²) in [6, 6.07) is 0. The molecule has 0 bridgehead atoms. The Morgan fingerprint density at radius 2 is 2.09 bits per heavy atom. The molecule has 62 valence electrons. The van der Waals surface area contributed by atoms with Crippen LogP contribution < -0.4 is 0 Å². The van der Waals surface area contributed by atoms with Crippen molar-refractivity contribution in [1.29, 1.82) is 0 Å². The molecule has 0 saturated heterocycles. The monoisotopic (exact) mass is 152 g/mol. The second-order valence-corrected chi connectivity index (χ2v) is 3.07. The van der Waals surface area contributed by atoms with Crippen LogP contribution in [0.4, 0.5) is 0 Å². The maximum atomic E-state index is 5.40. The standard InChI is InChI=1S/C10H16O/c1-4-5-6-10-9(3)8(2)7-11-10/h7H,4-6H2,1-3H3. The van der Waals surface area contributed by atoms with Crippen molar-refractivity contribution in [2.24, 2.45) is 0 Å². The highest BCUT2D eigenvalue weighted by Gasteiger charge is 2.03. The minimum absolute atomic E-state index is 1.09. The molecular weight excluding hydrogens is 136 g/mol. The number of hydrogen-bond acceptors (Lipinski definition) is 1. The van der Waals surface area contributed by atoms with Crippen molar-refractivity contribution in [3.8, 4) is 0 Å². The first kappa shape index (κ1) is 8.38. The average molecular weight is 152 g/mol. The van der Waals surface area contributed by atoms with Crippen LogP contribution in [0.25, 0.3) is 0 Å². The Balaban J connectivity index is 2.63. The van der Waals surface area contributed by atoms with Crippen LogP contribution in [0.15, 0.2) is 10.7 Å². The summed E-state index contributed by atoms with van der Waals surface area (Å²) in [6.07, 6.45) is 5.41. The summed E-state index contributed by atoms with van der Waals surface area (Å²) < 4.78 is 5.40. The van der Waals surface area contributed by atoms with E-state index in [-0.39, 0.29) is 0 Å². The minimum Gasteiger partial charge on any atom is -0.469 e. The highest BCUT2D eigenvalue weighted by Crippen LogP contribution is 2.16. The number of rotatable bonds is 3.